The molecule has 0 aliphatic heterocycles. The molecule has 1 aliphatic carbocycles. The molecule has 0 bridgehead atoms. The number of methoxy groups -OCH3 is 1. The molecule has 0 radical (unpaired) electrons. The van der Waals surface area contributed by atoms with E-state index in [4.69, 9.17) is 4.42 Å². The lowest BCUT2D eigenvalue weighted by atomic mass is 9.85. The van der Waals surface area contributed by atoms with Gasteiger partial charge in [0, 0.05) is 0 Å². The Balaban J connectivity index is 1.85. The highest BCUT2D eigenvalue weighted by atomic mass is 16.5. The summed E-state index contributed by atoms with van der Waals surface area (Å²) in [6.45, 7) is 3.49. The first-order chi connectivity index (χ1) is 8.20. The first-order valence-corrected chi connectivity index (χ1v) is 6.09. The van der Waals surface area contributed by atoms with Crippen molar-refractivity contribution < 1.29 is 13.9 Å². The standard InChI is InChI=1S/C13H19NO3/c1-9-12(13(15)16-2)6-11(17-9)8-14-7-10-4-3-5-10/h6,10,14H,3-5,7-8H2,1-2H3. The molecule has 0 saturated heterocycles. The van der Waals surface area contributed by atoms with Gasteiger partial charge in [0.1, 0.15) is 17.1 Å². The van der Waals surface area contributed by atoms with Crippen molar-refractivity contribution in [1.82, 2.24) is 5.32 Å². The number of hydrogen-bond donors (Lipinski definition) is 1. The predicted octanol–water partition coefficient (Wildman–Crippen LogP) is 2.26. The summed E-state index contributed by atoms with van der Waals surface area (Å²) in [5, 5.41) is 3.36. The van der Waals surface area contributed by atoms with Crippen LogP contribution in [-0.2, 0) is 11.3 Å². The van der Waals surface area contributed by atoms with Crippen LogP contribution in [0.3, 0.4) is 0 Å². The second kappa shape index (κ2) is 5.36. The van der Waals surface area contributed by atoms with Crippen LogP contribution in [0.5, 0.6) is 0 Å². The molecule has 2 rings (SSSR count). The molecule has 0 atom stereocenters. The summed E-state index contributed by atoms with van der Waals surface area (Å²) >= 11 is 0. The second-order valence-electron chi connectivity index (χ2n) is 4.60. The molecule has 0 unspecified atom stereocenters. The molecule has 1 aromatic rings. The molecule has 4 heteroatoms. The zero-order valence-electron chi connectivity index (χ0n) is 10.4. The summed E-state index contributed by atoms with van der Waals surface area (Å²) in [7, 11) is 1.38. The molecule has 1 fully saturated rings. The average Bonchev–Trinajstić information content (AvgIpc) is 2.62. The van der Waals surface area contributed by atoms with E-state index in [2.05, 4.69) is 10.1 Å². The SMILES string of the molecule is COC(=O)c1cc(CNCC2CCC2)oc1C. The average molecular weight is 237 g/mol. The number of ether oxygens (including phenoxy) is 1. The molecule has 1 heterocycles. The Morgan fingerprint density at radius 2 is 2.35 bits per heavy atom. The van der Waals surface area contributed by atoms with Gasteiger partial charge in [0.2, 0.25) is 0 Å². The molecule has 0 spiro atoms. The highest BCUT2D eigenvalue weighted by Crippen LogP contribution is 2.25. The molecular weight excluding hydrogens is 218 g/mol. The van der Waals surface area contributed by atoms with Gasteiger partial charge in [0.15, 0.2) is 0 Å². The summed E-state index contributed by atoms with van der Waals surface area (Å²) in [5.74, 6) is 1.90. The van der Waals surface area contributed by atoms with Gasteiger partial charge in [-0.05, 0) is 38.3 Å². The van der Waals surface area contributed by atoms with E-state index >= 15 is 0 Å². The third-order valence-corrected chi connectivity index (χ3v) is 3.33. The lowest BCUT2D eigenvalue weighted by Gasteiger charge is -2.25. The fourth-order valence-corrected chi connectivity index (χ4v) is 2.04. The van der Waals surface area contributed by atoms with Gasteiger partial charge in [-0.3, -0.25) is 0 Å². The number of carbonyl (C=O) groups excluding carboxylic acids is 1. The monoisotopic (exact) mass is 237 g/mol. The molecule has 4 nitrogen and oxygen atoms in total. The number of furan rings is 1. The van der Waals surface area contributed by atoms with Crippen LogP contribution in [0, 0.1) is 12.8 Å². The number of esters is 1. The summed E-state index contributed by atoms with van der Waals surface area (Å²) in [6, 6.07) is 1.76. The molecule has 1 saturated carbocycles. The van der Waals surface area contributed by atoms with Gasteiger partial charge in [-0.1, -0.05) is 6.42 Å². The smallest absolute Gasteiger partial charge is 0.341 e. The summed E-state index contributed by atoms with van der Waals surface area (Å²) < 4.78 is 10.2. The van der Waals surface area contributed by atoms with Gasteiger partial charge in [-0.2, -0.15) is 0 Å². The number of carbonyl (C=O) groups is 1. The van der Waals surface area contributed by atoms with E-state index in [0.29, 0.717) is 17.9 Å². The van der Waals surface area contributed by atoms with Gasteiger partial charge in [0.05, 0.1) is 13.7 Å². The second-order valence-corrected chi connectivity index (χ2v) is 4.60. The van der Waals surface area contributed by atoms with Crippen LogP contribution in [0.25, 0.3) is 0 Å². The quantitative estimate of drug-likeness (QED) is 0.798. The van der Waals surface area contributed by atoms with E-state index in [1.54, 1.807) is 13.0 Å². The van der Waals surface area contributed by atoms with Gasteiger partial charge in [-0.15, -0.1) is 0 Å². The minimum absolute atomic E-state index is 0.337. The van der Waals surface area contributed by atoms with Crippen molar-refractivity contribution in [2.45, 2.75) is 32.7 Å². The van der Waals surface area contributed by atoms with E-state index in [0.717, 1.165) is 18.2 Å². The van der Waals surface area contributed by atoms with E-state index in [-0.39, 0.29) is 5.97 Å². The van der Waals surface area contributed by atoms with Gasteiger partial charge in [0.25, 0.3) is 0 Å². The van der Waals surface area contributed by atoms with E-state index in [9.17, 15) is 4.79 Å². The first kappa shape index (κ1) is 12.2. The van der Waals surface area contributed by atoms with E-state index < -0.39 is 0 Å². The minimum atomic E-state index is -0.337. The molecule has 1 aromatic heterocycles. The maximum Gasteiger partial charge on any atom is 0.341 e. The highest BCUT2D eigenvalue weighted by molar-refractivity contribution is 5.90. The number of aryl methyl sites for hydroxylation is 1. The third-order valence-electron chi connectivity index (χ3n) is 3.33. The molecule has 1 N–H and O–H groups in total. The van der Waals surface area contributed by atoms with Gasteiger partial charge in [-0.25, -0.2) is 4.79 Å². The zero-order chi connectivity index (χ0) is 12.3. The third kappa shape index (κ3) is 2.88. The van der Waals surface area contributed by atoms with Gasteiger partial charge >= 0.3 is 5.97 Å². The molecule has 17 heavy (non-hydrogen) atoms. The van der Waals surface area contributed by atoms with Crippen molar-refractivity contribution in [3.05, 3.63) is 23.2 Å². The van der Waals surface area contributed by atoms with Crippen LogP contribution in [0.2, 0.25) is 0 Å². The van der Waals surface area contributed by atoms with Crippen LogP contribution in [-0.4, -0.2) is 19.6 Å². The summed E-state index contributed by atoms with van der Waals surface area (Å²) in [6.07, 6.45) is 4.02. The number of nitrogens with one attached hydrogen (secondary N) is 1. The van der Waals surface area contributed by atoms with Crippen molar-refractivity contribution in [3.8, 4) is 0 Å². The van der Waals surface area contributed by atoms with Crippen LogP contribution in [0.4, 0.5) is 0 Å². The van der Waals surface area contributed by atoms with Crippen molar-refractivity contribution in [3.63, 3.8) is 0 Å². The predicted molar refractivity (Wildman–Crippen MR) is 63.8 cm³/mol. The lowest BCUT2D eigenvalue weighted by Crippen LogP contribution is -2.26. The molecule has 1 aliphatic rings. The molecule has 94 valence electrons. The molecule has 0 amide bonds. The van der Waals surface area contributed by atoms with Gasteiger partial charge < -0.3 is 14.5 Å². The molecular formula is C13H19NO3. The Labute approximate surface area is 101 Å². The van der Waals surface area contributed by atoms with Crippen LogP contribution in [0.15, 0.2) is 10.5 Å². The lowest BCUT2D eigenvalue weighted by molar-refractivity contribution is 0.0599. The first-order valence-electron chi connectivity index (χ1n) is 6.09. The minimum Gasteiger partial charge on any atom is -0.465 e. The van der Waals surface area contributed by atoms with Crippen molar-refractivity contribution >= 4 is 5.97 Å². The Bertz CT molecular complexity index is 393. The van der Waals surface area contributed by atoms with Crippen molar-refractivity contribution in [1.29, 1.82) is 0 Å². The largest absolute Gasteiger partial charge is 0.465 e. The van der Waals surface area contributed by atoms with Crippen LogP contribution < -0.4 is 5.32 Å². The van der Waals surface area contributed by atoms with Crippen LogP contribution >= 0.6 is 0 Å². The van der Waals surface area contributed by atoms with Crippen molar-refractivity contribution in [2.24, 2.45) is 5.92 Å². The topological polar surface area (TPSA) is 51.5 Å². The Hall–Kier alpha value is -1.29. The summed E-state index contributed by atoms with van der Waals surface area (Å²) in [4.78, 5) is 11.4. The number of rotatable bonds is 5. The highest BCUT2D eigenvalue weighted by Gasteiger charge is 2.18. The zero-order valence-corrected chi connectivity index (χ0v) is 10.4. The Morgan fingerprint density at radius 1 is 1.59 bits per heavy atom. The fraction of sp³-hybridized carbons (Fsp3) is 0.615. The number of hydrogen-bond acceptors (Lipinski definition) is 4. The Kier molecular flexibility index (Phi) is 3.84. The Morgan fingerprint density at radius 3 is 2.94 bits per heavy atom. The summed E-state index contributed by atoms with van der Waals surface area (Å²) in [5.41, 5.74) is 0.521. The van der Waals surface area contributed by atoms with E-state index in [1.807, 2.05) is 0 Å². The van der Waals surface area contributed by atoms with Crippen LogP contribution in [0.1, 0.15) is 41.1 Å². The maximum absolute atomic E-state index is 11.4. The van der Waals surface area contributed by atoms with Crippen molar-refractivity contribution in [2.75, 3.05) is 13.7 Å². The van der Waals surface area contributed by atoms with E-state index in [1.165, 1.54) is 26.4 Å². The maximum atomic E-state index is 11.4. The normalized spacial score (nSPS) is 15.6. The fourth-order valence-electron chi connectivity index (χ4n) is 2.04. The molecule has 0 aromatic carbocycles.